The Morgan fingerprint density at radius 1 is 1.67 bits per heavy atom. The smallest absolute Gasteiger partial charge is 0.350 e. The number of hydrogen-bond donors (Lipinski definition) is 4. The molecule has 0 unspecified atom stereocenters. The standard InChI is InChI=1S/CH5N3O3S2/c2-1(8)3-4-9(5,6)7/h4H,(H3,2,3,8)(H,5,6,7). The molecule has 0 heterocycles. The molecule has 0 saturated carbocycles. The number of hydrazine groups is 1. The molecule has 0 aliphatic carbocycles. The van der Waals surface area contributed by atoms with Crippen molar-refractivity contribution < 1.29 is 13.0 Å². The van der Waals surface area contributed by atoms with E-state index in [-0.39, 0.29) is 5.11 Å². The van der Waals surface area contributed by atoms with E-state index in [1.807, 2.05) is 0 Å². The molecular formula is CH5N3O3S2. The van der Waals surface area contributed by atoms with E-state index >= 15 is 0 Å². The number of thiocarbonyl (C=S) groups is 1. The van der Waals surface area contributed by atoms with Crippen LogP contribution in [-0.4, -0.2) is 18.1 Å². The molecule has 9 heavy (non-hydrogen) atoms. The minimum Gasteiger partial charge on any atom is -0.375 e. The Labute approximate surface area is 57.3 Å². The molecule has 0 aromatic carbocycles. The van der Waals surface area contributed by atoms with E-state index in [0.29, 0.717) is 0 Å². The van der Waals surface area contributed by atoms with Gasteiger partial charge >= 0.3 is 10.3 Å². The highest BCUT2D eigenvalue weighted by Crippen LogP contribution is 1.64. The Hall–Kier alpha value is -0.440. The average Bonchev–Trinajstić information content (AvgIpc) is 1.59. The summed E-state index contributed by atoms with van der Waals surface area (Å²) in [6, 6.07) is 0. The van der Waals surface area contributed by atoms with Gasteiger partial charge in [-0.15, -0.1) is 4.83 Å². The lowest BCUT2D eigenvalue weighted by molar-refractivity contribution is 0.464. The van der Waals surface area contributed by atoms with Crippen LogP contribution in [0, 0.1) is 0 Å². The summed E-state index contributed by atoms with van der Waals surface area (Å²) in [5.41, 5.74) is 6.59. The van der Waals surface area contributed by atoms with Crippen LogP contribution in [0.25, 0.3) is 0 Å². The van der Waals surface area contributed by atoms with Crippen molar-refractivity contribution in [1.82, 2.24) is 10.3 Å². The van der Waals surface area contributed by atoms with Crippen LogP contribution in [-0.2, 0) is 10.3 Å². The van der Waals surface area contributed by atoms with Gasteiger partial charge in [-0.25, -0.2) is 0 Å². The topological polar surface area (TPSA) is 104 Å². The van der Waals surface area contributed by atoms with Gasteiger partial charge in [-0.1, -0.05) is 0 Å². The molecule has 0 bridgehead atoms. The first-order chi connectivity index (χ1) is 3.92. The van der Waals surface area contributed by atoms with E-state index in [4.69, 9.17) is 10.3 Å². The van der Waals surface area contributed by atoms with Gasteiger partial charge < -0.3 is 5.73 Å². The first-order valence-corrected chi connectivity index (χ1v) is 3.56. The summed E-state index contributed by atoms with van der Waals surface area (Å²) in [4.78, 5) is 1.43. The van der Waals surface area contributed by atoms with Gasteiger partial charge in [-0.2, -0.15) is 8.42 Å². The molecule has 0 fully saturated rings. The van der Waals surface area contributed by atoms with Crippen molar-refractivity contribution in [3.8, 4) is 0 Å². The van der Waals surface area contributed by atoms with Gasteiger partial charge in [0, 0.05) is 0 Å². The second-order valence-electron chi connectivity index (χ2n) is 1.07. The summed E-state index contributed by atoms with van der Waals surface area (Å²) in [6.07, 6.45) is 0. The quantitative estimate of drug-likeness (QED) is 0.220. The van der Waals surface area contributed by atoms with Gasteiger partial charge in [-0.3, -0.25) is 9.98 Å². The molecule has 0 spiro atoms. The van der Waals surface area contributed by atoms with Crippen LogP contribution < -0.4 is 16.0 Å². The third-order valence-corrected chi connectivity index (χ3v) is 0.765. The van der Waals surface area contributed by atoms with Gasteiger partial charge in [0.15, 0.2) is 5.11 Å². The predicted molar refractivity (Wildman–Crippen MR) is 34.6 cm³/mol. The van der Waals surface area contributed by atoms with Crippen molar-refractivity contribution in [2.45, 2.75) is 0 Å². The van der Waals surface area contributed by atoms with E-state index in [1.54, 1.807) is 5.43 Å². The zero-order valence-electron chi connectivity index (χ0n) is 4.16. The highest BCUT2D eigenvalue weighted by molar-refractivity contribution is 7.84. The summed E-state index contributed by atoms with van der Waals surface area (Å²) in [6.45, 7) is 0. The molecular weight excluding hydrogens is 166 g/mol. The Bertz CT molecular complexity index is 195. The van der Waals surface area contributed by atoms with E-state index in [1.165, 1.54) is 4.83 Å². The average molecular weight is 171 g/mol. The summed E-state index contributed by atoms with van der Waals surface area (Å²) in [5, 5.41) is -0.271. The number of nitrogens with two attached hydrogens (primary N) is 1. The van der Waals surface area contributed by atoms with Gasteiger partial charge in [0.05, 0.1) is 0 Å². The first-order valence-electron chi connectivity index (χ1n) is 1.71. The fraction of sp³-hybridized carbons (Fsp3) is 0. The lowest BCUT2D eigenvalue weighted by Gasteiger charge is -1.99. The molecule has 5 N–H and O–H groups in total. The van der Waals surface area contributed by atoms with Crippen LogP contribution in [0.3, 0.4) is 0 Å². The van der Waals surface area contributed by atoms with Gasteiger partial charge in [0.1, 0.15) is 0 Å². The number of rotatable bonds is 2. The Kier molecular flexibility index (Phi) is 2.77. The zero-order valence-corrected chi connectivity index (χ0v) is 5.79. The predicted octanol–water partition coefficient (Wildman–Crippen LogP) is -1.87. The van der Waals surface area contributed by atoms with Crippen LogP contribution >= 0.6 is 12.2 Å². The Morgan fingerprint density at radius 3 is 2.22 bits per heavy atom. The van der Waals surface area contributed by atoms with Crippen molar-refractivity contribution in [2.75, 3.05) is 0 Å². The molecule has 0 radical (unpaired) electrons. The molecule has 54 valence electrons. The van der Waals surface area contributed by atoms with E-state index in [2.05, 4.69) is 12.2 Å². The molecule has 0 saturated heterocycles. The maximum atomic E-state index is 9.80. The van der Waals surface area contributed by atoms with Crippen LogP contribution in [0.1, 0.15) is 0 Å². The normalized spacial score (nSPS) is 10.8. The summed E-state index contributed by atoms with van der Waals surface area (Å²) in [7, 11) is -4.25. The molecule has 0 aliphatic rings. The SMILES string of the molecule is NC(=S)NNS(=O)(=O)O. The molecule has 0 aliphatic heterocycles. The molecule has 0 aromatic heterocycles. The van der Waals surface area contributed by atoms with Crippen LogP contribution in [0.15, 0.2) is 0 Å². The highest BCUT2D eigenvalue weighted by Gasteiger charge is 1.99. The molecule has 0 amide bonds. The van der Waals surface area contributed by atoms with Gasteiger partial charge in [0.25, 0.3) is 0 Å². The van der Waals surface area contributed by atoms with Crippen molar-refractivity contribution in [3.05, 3.63) is 0 Å². The maximum absolute atomic E-state index is 9.80. The van der Waals surface area contributed by atoms with Crippen molar-refractivity contribution >= 4 is 27.6 Å². The molecule has 0 aromatic rings. The number of nitrogens with one attached hydrogen (secondary N) is 2. The van der Waals surface area contributed by atoms with E-state index < -0.39 is 10.3 Å². The third-order valence-electron chi connectivity index (χ3n) is 0.303. The van der Waals surface area contributed by atoms with Crippen molar-refractivity contribution in [2.24, 2.45) is 5.73 Å². The minimum absolute atomic E-state index is 0.271. The van der Waals surface area contributed by atoms with Gasteiger partial charge in [-0.05, 0) is 12.2 Å². The van der Waals surface area contributed by atoms with Crippen molar-refractivity contribution in [3.63, 3.8) is 0 Å². The van der Waals surface area contributed by atoms with E-state index in [9.17, 15) is 8.42 Å². The lowest BCUT2D eigenvalue weighted by Crippen LogP contribution is -2.43. The molecule has 0 atom stereocenters. The largest absolute Gasteiger partial charge is 0.375 e. The van der Waals surface area contributed by atoms with Crippen molar-refractivity contribution in [1.29, 1.82) is 0 Å². The number of hydrogen-bond acceptors (Lipinski definition) is 3. The maximum Gasteiger partial charge on any atom is 0.350 e. The fourth-order valence-corrected chi connectivity index (χ4v) is 0.469. The molecule has 0 rings (SSSR count). The molecule has 6 nitrogen and oxygen atoms in total. The Morgan fingerprint density at radius 2 is 2.11 bits per heavy atom. The highest BCUT2D eigenvalue weighted by atomic mass is 32.2. The first kappa shape index (κ1) is 8.56. The fourth-order valence-electron chi connectivity index (χ4n) is 0.115. The molecule has 8 heteroatoms. The van der Waals surface area contributed by atoms with Crippen LogP contribution in [0.5, 0.6) is 0 Å². The lowest BCUT2D eigenvalue weighted by atomic mass is 11.2. The second kappa shape index (κ2) is 2.92. The van der Waals surface area contributed by atoms with Crippen LogP contribution in [0.2, 0.25) is 0 Å². The summed E-state index contributed by atoms with van der Waals surface area (Å²) in [5.74, 6) is 0. The summed E-state index contributed by atoms with van der Waals surface area (Å²) >= 11 is 4.19. The zero-order chi connectivity index (χ0) is 7.49. The van der Waals surface area contributed by atoms with E-state index in [0.717, 1.165) is 0 Å². The Balaban J connectivity index is 3.67. The van der Waals surface area contributed by atoms with Crippen LogP contribution in [0.4, 0.5) is 0 Å². The summed E-state index contributed by atoms with van der Waals surface area (Å²) < 4.78 is 27.6. The monoisotopic (exact) mass is 171 g/mol. The van der Waals surface area contributed by atoms with Gasteiger partial charge in [0.2, 0.25) is 0 Å². The second-order valence-corrected chi connectivity index (χ2v) is 2.66. The third kappa shape index (κ3) is 7.56. The minimum atomic E-state index is -4.25.